The molecule has 0 radical (unpaired) electrons. The number of H-pyrrole nitrogens is 1. The van der Waals surface area contributed by atoms with Gasteiger partial charge in [0.05, 0.1) is 4.11 Å². The summed E-state index contributed by atoms with van der Waals surface area (Å²) < 4.78 is 22.1. The largest absolute Gasteiger partial charge is 0.346 e. The smallest absolute Gasteiger partial charge is 0.224 e. The molecule has 2 aromatic rings. The Hall–Kier alpha value is -1.09. The third-order valence-electron chi connectivity index (χ3n) is 1.07. The van der Waals surface area contributed by atoms with Crippen LogP contribution in [0.25, 0.3) is 11.0 Å². The fraction of sp³-hybridized carbons (Fsp3) is 0. The minimum Gasteiger partial charge on any atom is -0.346 e. The van der Waals surface area contributed by atoms with Crippen LogP contribution >= 0.6 is 11.6 Å². The van der Waals surface area contributed by atoms with Gasteiger partial charge < -0.3 is 4.98 Å². The Bertz CT molecular complexity index is 481. The molecule has 0 aliphatic rings. The van der Waals surface area contributed by atoms with E-state index in [-0.39, 0.29) is 34.7 Å². The maximum Gasteiger partial charge on any atom is 0.224 e. The predicted molar refractivity (Wildman–Crippen MR) is 38.9 cm³/mol. The van der Waals surface area contributed by atoms with Crippen LogP contribution in [0, 0.1) is 0 Å². The van der Waals surface area contributed by atoms with Gasteiger partial charge in [0.2, 0.25) is 5.28 Å². The Morgan fingerprint density at radius 1 is 1.70 bits per heavy atom. The quantitative estimate of drug-likeness (QED) is 0.589. The number of nitrogens with one attached hydrogen (secondary N) is 1. The van der Waals surface area contributed by atoms with Gasteiger partial charge in [-0.1, -0.05) is 0 Å². The fourth-order valence-electron chi connectivity index (χ4n) is 0.659. The second-order valence-electron chi connectivity index (χ2n) is 1.70. The van der Waals surface area contributed by atoms with Crippen molar-refractivity contribution in [1.29, 1.82) is 0 Å². The molecule has 2 aromatic heterocycles. The first-order valence-electron chi connectivity index (χ1n) is 4.08. The van der Waals surface area contributed by atoms with Crippen LogP contribution in [0.4, 0.5) is 0 Å². The second-order valence-corrected chi connectivity index (χ2v) is 2.04. The van der Waals surface area contributed by atoms with E-state index in [0.29, 0.717) is 0 Å². The first-order valence-corrected chi connectivity index (χ1v) is 2.96. The van der Waals surface area contributed by atoms with E-state index in [1.807, 2.05) is 0 Å². The Morgan fingerprint density at radius 2 is 2.60 bits per heavy atom. The summed E-state index contributed by atoms with van der Waals surface area (Å²) in [5, 5.41) is 0.174. The summed E-state index contributed by atoms with van der Waals surface area (Å²) in [5.41, 5.74) is 0.264. The van der Waals surface area contributed by atoms with Gasteiger partial charge in [-0.2, -0.15) is 4.98 Å². The third kappa shape index (κ3) is 0.752. The molecule has 2 rings (SSSR count). The van der Waals surface area contributed by atoms with Crippen LogP contribution in [0.5, 0.6) is 0 Å². The van der Waals surface area contributed by atoms with Gasteiger partial charge in [0.25, 0.3) is 0 Å². The first-order chi connectivity index (χ1) is 6.09. The molecule has 10 heavy (non-hydrogen) atoms. The highest BCUT2D eigenvalue weighted by atomic mass is 35.5. The molecule has 1 N–H and O–H groups in total. The van der Waals surface area contributed by atoms with Crippen LogP contribution in [-0.2, 0) is 0 Å². The van der Waals surface area contributed by atoms with E-state index in [1.165, 1.54) is 0 Å². The highest BCUT2D eigenvalue weighted by Crippen LogP contribution is 2.09. The highest BCUT2D eigenvalue weighted by Gasteiger charge is 1.95. The van der Waals surface area contributed by atoms with Crippen molar-refractivity contribution >= 4 is 22.6 Å². The lowest BCUT2D eigenvalue weighted by atomic mass is 10.4. The van der Waals surface area contributed by atoms with E-state index >= 15 is 0 Å². The lowest BCUT2D eigenvalue weighted by Crippen LogP contribution is -1.80. The molecule has 0 atom stereocenters. The normalized spacial score (nSPS) is 14.7. The number of aromatic amines is 1. The number of rotatable bonds is 0. The lowest BCUT2D eigenvalue weighted by molar-refractivity contribution is 1.20. The minimum absolute atomic E-state index is 0.0567. The van der Waals surface area contributed by atoms with E-state index in [4.69, 9.17) is 15.7 Å². The molecule has 0 aliphatic heterocycles. The zero-order valence-electron chi connectivity index (χ0n) is 7.77. The topological polar surface area (TPSA) is 41.6 Å². The predicted octanol–water partition coefficient (Wildman–Crippen LogP) is 1.61. The molecular formula is C6H4ClN3. The summed E-state index contributed by atoms with van der Waals surface area (Å²) in [5.74, 6) is 0. The standard InChI is InChI=1S/C6H4ClN3/c7-6-9-3-4-1-2-8-5(4)10-6/h1-3H,(H,8,9,10)/i1D,2D,3D. The number of hydrogen-bond donors (Lipinski definition) is 1. The van der Waals surface area contributed by atoms with Crippen molar-refractivity contribution in [2.45, 2.75) is 0 Å². The van der Waals surface area contributed by atoms with Crippen molar-refractivity contribution in [3.05, 3.63) is 23.7 Å². The van der Waals surface area contributed by atoms with Gasteiger partial charge in [-0.05, 0) is 17.6 Å². The van der Waals surface area contributed by atoms with E-state index in [0.717, 1.165) is 0 Å². The fourth-order valence-corrected chi connectivity index (χ4v) is 0.785. The van der Waals surface area contributed by atoms with Crippen LogP contribution in [0.1, 0.15) is 4.11 Å². The van der Waals surface area contributed by atoms with Gasteiger partial charge in [0.1, 0.15) is 5.65 Å². The van der Waals surface area contributed by atoms with Crippen molar-refractivity contribution in [1.82, 2.24) is 15.0 Å². The second kappa shape index (κ2) is 1.95. The van der Waals surface area contributed by atoms with Crippen LogP contribution in [0.3, 0.4) is 0 Å². The molecule has 0 bridgehead atoms. The summed E-state index contributed by atoms with van der Waals surface area (Å²) in [6, 6.07) is -0.0725. The highest BCUT2D eigenvalue weighted by molar-refractivity contribution is 6.28. The third-order valence-corrected chi connectivity index (χ3v) is 1.24. The van der Waals surface area contributed by atoms with Crippen molar-refractivity contribution in [2.75, 3.05) is 0 Å². The van der Waals surface area contributed by atoms with Crippen molar-refractivity contribution in [3.8, 4) is 0 Å². The van der Waals surface area contributed by atoms with Gasteiger partial charge in [-0.15, -0.1) is 0 Å². The summed E-state index contributed by atoms with van der Waals surface area (Å²) in [7, 11) is 0. The Kier molecular flexibility index (Phi) is 0.653. The SMILES string of the molecule is [2H]c1[nH]c2nc(Cl)nc([2H])c2c1[2H]. The van der Waals surface area contributed by atoms with Gasteiger partial charge in [-0.25, -0.2) is 4.98 Å². The number of nitrogens with zero attached hydrogens (tertiary/aromatic N) is 2. The van der Waals surface area contributed by atoms with Crippen LogP contribution in [0.2, 0.25) is 5.28 Å². The lowest BCUT2D eigenvalue weighted by Gasteiger charge is -1.86. The summed E-state index contributed by atoms with van der Waals surface area (Å²) in [4.78, 5) is 9.86. The number of aromatic nitrogens is 3. The number of fused-ring (bicyclic) bond motifs is 1. The monoisotopic (exact) mass is 156 g/mol. The molecule has 0 fully saturated rings. The maximum atomic E-state index is 7.42. The summed E-state index contributed by atoms with van der Waals surface area (Å²) in [6.45, 7) is 0. The van der Waals surface area contributed by atoms with Crippen molar-refractivity contribution < 1.29 is 4.11 Å². The molecule has 0 aliphatic carbocycles. The van der Waals surface area contributed by atoms with E-state index in [2.05, 4.69) is 15.0 Å². The van der Waals surface area contributed by atoms with Crippen molar-refractivity contribution in [3.63, 3.8) is 0 Å². The molecule has 0 spiro atoms. The number of hydrogen-bond acceptors (Lipinski definition) is 2. The average molecular weight is 157 g/mol. The molecule has 0 unspecified atom stereocenters. The molecule has 2 heterocycles. The molecule has 0 saturated carbocycles. The summed E-state index contributed by atoms with van der Waals surface area (Å²) >= 11 is 5.50. The molecular weight excluding hydrogens is 150 g/mol. The Balaban J connectivity index is 2.94. The zero-order chi connectivity index (χ0) is 9.59. The van der Waals surface area contributed by atoms with Gasteiger partial charge in [0.15, 0.2) is 0 Å². The van der Waals surface area contributed by atoms with Crippen LogP contribution < -0.4 is 0 Å². The van der Waals surface area contributed by atoms with E-state index in [1.54, 1.807) is 0 Å². The minimum atomic E-state index is -0.130. The van der Waals surface area contributed by atoms with Gasteiger partial charge in [0, 0.05) is 17.7 Å². The first kappa shape index (κ1) is 3.34. The van der Waals surface area contributed by atoms with Crippen molar-refractivity contribution in [2.24, 2.45) is 0 Å². The van der Waals surface area contributed by atoms with Gasteiger partial charge in [-0.3, -0.25) is 0 Å². The Labute approximate surface area is 66.3 Å². The molecule has 0 saturated heterocycles. The van der Waals surface area contributed by atoms with E-state index in [9.17, 15) is 0 Å². The zero-order valence-corrected chi connectivity index (χ0v) is 5.53. The molecule has 0 amide bonds. The maximum absolute atomic E-state index is 7.42. The Morgan fingerprint density at radius 3 is 3.50 bits per heavy atom. The van der Waals surface area contributed by atoms with Gasteiger partial charge >= 0.3 is 0 Å². The van der Waals surface area contributed by atoms with Crippen LogP contribution in [-0.4, -0.2) is 15.0 Å². The summed E-state index contributed by atoms with van der Waals surface area (Å²) in [6.07, 6.45) is -0.213. The molecule has 3 nitrogen and oxygen atoms in total. The van der Waals surface area contributed by atoms with E-state index < -0.39 is 0 Å². The number of halogens is 1. The molecule has 50 valence electrons. The molecule has 4 heteroatoms. The average Bonchev–Trinajstić information content (AvgIpc) is 2.27. The molecule has 0 aromatic carbocycles. The van der Waals surface area contributed by atoms with Crippen LogP contribution in [0.15, 0.2) is 18.4 Å².